The smallest absolute Gasteiger partial charge is 0.319 e. The molecule has 1 aromatic carbocycles. The van der Waals surface area contributed by atoms with Crippen LogP contribution in [-0.4, -0.2) is 42.9 Å². The van der Waals surface area contributed by atoms with E-state index in [1.54, 1.807) is 12.1 Å². The zero-order chi connectivity index (χ0) is 19.3. The second-order valence-electron chi connectivity index (χ2n) is 6.28. The molecular formula is C18H21ClN4O3S. The highest BCUT2D eigenvalue weighted by Gasteiger charge is 2.33. The predicted molar refractivity (Wildman–Crippen MR) is 104 cm³/mol. The van der Waals surface area contributed by atoms with Gasteiger partial charge in [0.15, 0.2) is 0 Å². The zero-order valence-electron chi connectivity index (χ0n) is 14.6. The number of hydrogen-bond acceptors (Lipinski definition) is 4. The van der Waals surface area contributed by atoms with Gasteiger partial charge in [0.2, 0.25) is 10.0 Å². The fourth-order valence-corrected chi connectivity index (χ4v) is 4.80. The van der Waals surface area contributed by atoms with Gasteiger partial charge in [0.25, 0.3) is 0 Å². The van der Waals surface area contributed by atoms with Gasteiger partial charge in [-0.25, -0.2) is 18.2 Å². The fraction of sp³-hybridized carbons (Fsp3) is 0.333. The lowest BCUT2D eigenvalue weighted by Crippen LogP contribution is -2.49. The van der Waals surface area contributed by atoms with Crippen LogP contribution in [0.5, 0.6) is 0 Å². The number of nitrogens with one attached hydrogen (secondary N) is 2. The first-order chi connectivity index (χ1) is 13.0. The van der Waals surface area contributed by atoms with Crippen molar-refractivity contribution in [3.05, 3.63) is 53.8 Å². The maximum absolute atomic E-state index is 13.0. The summed E-state index contributed by atoms with van der Waals surface area (Å²) in [5.74, 6) is 0. The van der Waals surface area contributed by atoms with Crippen molar-refractivity contribution >= 4 is 33.3 Å². The Morgan fingerprint density at radius 3 is 2.67 bits per heavy atom. The molecule has 144 valence electrons. The van der Waals surface area contributed by atoms with E-state index >= 15 is 0 Å². The maximum Gasteiger partial charge on any atom is 0.319 e. The number of hydrogen-bond donors (Lipinski definition) is 2. The number of sulfonamides is 1. The van der Waals surface area contributed by atoms with Crippen LogP contribution in [0.15, 0.2) is 53.6 Å². The number of pyridine rings is 1. The monoisotopic (exact) mass is 408 g/mol. The summed E-state index contributed by atoms with van der Waals surface area (Å²) in [7, 11) is -3.69. The zero-order valence-corrected chi connectivity index (χ0v) is 16.2. The summed E-state index contributed by atoms with van der Waals surface area (Å²) < 4.78 is 27.4. The molecular weight excluding hydrogens is 388 g/mol. The third-order valence-electron chi connectivity index (χ3n) is 4.41. The Morgan fingerprint density at radius 2 is 1.96 bits per heavy atom. The van der Waals surface area contributed by atoms with Crippen molar-refractivity contribution in [1.29, 1.82) is 0 Å². The molecule has 0 aliphatic carbocycles. The molecule has 27 heavy (non-hydrogen) atoms. The van der Waals surface area contributed by atoms with Gasteiger partial charge in [0, 0.05) is 31.0 Å². The molecule has 0 radical (unpaired) electrons. The van der Waals surface area contributed by atoms with Crippen molar-refractivity contribution in [3.8, 4) is 0 Å². The molecule has 1 unspecified atom stereocenters. The molecule has 1 aromatic heterocycles. The number of urea groups is 1. The third-order valence-corrected chi connectivity index (χ3v) is 6.57. The van der Waals surface area contributed by atoms with Crippen molar-refractivity contribution < 1.29 is 13.2 Å². The van der Waals surface area contributed by atoms with Crippen LogP contribution >= 0.6 is 11.6 Å². The van der Waals surface area contributed by atoms with E-state index < -0.39 is 10.0 Å². The van der Waals surface area contributed by atoms with E-state index in [0.29, 0.717) is 18.7 Å². The number of amides is 2. The molecule has 9 heteroatoms. The minimum atomic E-state index is -3.69. The van der Waals surface area contributed by atoms with E-state index in [0.717, 1.165) is 12.8 Å². The highest BCUT2D eigenvalue weighted by Crippen LogP contribution is 2.25. The van der Waals surface area contributed by atoms with Crippen LogP contribution in [0.25, 0.3) is 0 Å². The number of para-hydroxylation sites is 1. The van der Waals surface area contributed by atoms with Crippen LogP contribution in [0, 0.1) is 0 Å². The van der Waals surface area contributed by atoms with Crippen molar-refractivity contribution in [3.63, 3.8) is 0 Å². The van der Waals surface area contributed by atoms with E-state index in [-0.39, 0.29) is 28.7 Å². The number of nitrogens with zero attached hydrogens (tertiary/aromatic N) is 2. The van der Waals surface area contributed by atoms with Gasteiger partial charge in [0.05, 0.1) is 0 Å². The van der Waals surface area contributed by atoms with Crippen molar-refractivity contribution in [2.45, 2.75) is 30.2 Å². The van der Waals surface area contributed by atoms with E-state index in [1.165, 1.54) is 22.6 Å². The van der Waals surface area contributed by atoms with Gasteiger partial charge in [0.1, 0.15) is 10.0 Å². The lowest BCUT2D eigenvalue weighted by molar-refractivity contribution is 0.231. The number of benzene rings is 1. The average Bonchev–Trinajstić information content (AvgIpc) is 2.68. The first kappa shape index (κ1) is 19.6. The van der Waals surface area contributed by atoms with Gasteiger partial charge >= 0.3 is 6.03 Å². The quantitative estimate of drug-likeness (QED) is 0.743. The molecule has 1 atom stereocenters. The second-order valence-corrected chi connectivity index (χ2v) is 8.56. The molecule has 1 fully saturated rings. The summed E-state index contributed by atoms with van der Waals surface area (Å²) in [5.41, 5.74) is 0.676. The Bertz CT molecular complexity index is 875. The average molecular weight is 409 g/mol. The van der Waals surface area contributed by atoms with Gasteiger partial charge in [-0.3, -0.25) is 0 Å². The standard InChI is InChI=1S/C18H21ClN4O3S/c19-17-10-9-16(13-20-17)27(25,26)23-11-5-4-8-15(23)12-21-18(24)22-14-6-2-1-3-7-14/h1-3,6-7,9-10,13,15H,4-5,8,11-12H2,(H2,21,22,24). The molecule has 1 saturated heterocycles. The van der Waals surface area contributed by atoms with E-state index in [9.17, 15) is 13.2 Å². The summed E-state index contributed by atoms with van der Waals surface area (Å²) in [6.07, 6.45) is 3.65. The molecule has 0 saturated carbocycles. The predicted octanol–water partition coefficient (Wildman–Crippen LogP) is 3.10. The van der Waals surface area contributed by atoms with E-state index in [1.807, 2.05) is 18.2 Å². The molecule has 2 amide bonds. The largest absolute Gasteiger partial charge is 0.336 e. The molecule has 0 spiro atoms. The molecule has 1 aliphatic heterocycles. The van der Waals surface area contributed by atoms with Crippen LogP contribution in [0.3, 0.4) is 0 Å². The Labute approximate surface area is 163 Å². The van der Waals surface area contributed by atoms with Gasteiger partial charge in [-0.05, 0) is 37.1 Å². The number of carbonyl (C=O) groups excluding carboxylic acids is 1. The van der Waals surface area contributed by atoms with Gasteiger partial charge in [-0.15, -0.1) is 0 Å². The van der Waals surface area contributed by atoms with Gasteiger partial charge < -0.3 is 10.6 Å². The lowest BCUT2D eigenvalue weighted by atomic mass is 10.1. The number of carbonyl (C=O) groups is 1. The first-order valence-corrected chi connectivity index (χ1v) is 10.5. The molecule has 2 aromatic rings. The van der Waals surface area contributed by atoms with E-state index in [4.69, 9.17) is 11.6 Å². The van der Waals surface area contributed by atoms with Gasteiger partial charge in [-0.1, -0.05) is 36.2 Å². The van der Waals surface area contributed by atoms with Crippen LogP contribution in [-0.2, 0) is 10.0 Å². The number of rotatable bonds is 5. The third kappa shape index (κ3) is 4.97. The Kier molecular flexibility index (Phi) is 6.30. The molecule has 3 rings (SSSR count). The topological polar surface area (TPSA) is 91.4 Å². The summed E-state index contributed by atoms with van der Waals surface area (Å²) in [6.45, 7) is 0.649. The normalized spacial score (nSPS) is 18.0. The molecule has 7 nitrogen and oxygen atoms in total. The summed E-state index contributed by atoms with van der Waals surface area (Å²) >= 11 is 5.75. The lowest BCUT2D eigenvalue weighted by Gasteiger charge is -2.34. The summed E-state index contributed by atoms with van der Waals surface area (Å²) in [5, 5.41) is 5.74. The summed E-state index contributed by atoms with van der Waals surface area (Å²) in [6, 6.07) is 11.3. The van der Waals surface area contributed by atoms with E-state index in [2.05, 4.69) is 15.6 Å². The number of piperidine rings is 1. The SMILES string of the molecule is O=C(NCC1CCCCN1S(=O)(=O)c1ccc(Cl)nc1)Nc1ccccc1. The van der Waals surface area contributed by atoms with Crippen LogP contribution in [0.4, 0.5) is 10.5 Å². The number of anilines is 1. The highest BCUT2D eigenvalue weighted by molar-refractivity contribution is 7.89. The molecule has 2 heterocycles. The Balaban J connectivity index is 1.66. The number of halogens is 1. The van der Waals surface area contributed by atoms with Gasteiger partial charge in [-0.2, -0.15) is 4.31 Å². The van der Waals surface area contributed by atoms with Crippen molar-refractivity contribution in [1.82, 2.24) is 14.6 Å². The second kappa shape index (κ2) is 8.69. The maximum atomic E-state index is 13.0. The summed E-state index contributed by atoms with van der Waals surface area (Å²) in [4.78, 5) is 16.1. The fourth-order valence-electron chi connectivity index (χ4n) is 3.05. The molecule has 0 bridgehead atoms. The van der Waals surface area contributed by atoms with Crippen molar-refractivity contribution in [2.75, 3.05) is 18.4 Å². The highest BCUT2D eigenvalue weighted by atomic mass is 35.5. The number of aromatic nitrogens is 1. The molecule has 1 aliphatic rings. The van der Waals surface area contributed by atoms with Crippen LogP contribution < -0.4 is 10.6 Å². The Morgan fingerprint density at radius 1 is 1.19 bits per heavy atom. The molecule has 2 N–H and O–H groups in total. The first-order valence-electron chi connectivity index (χ1n) is 8.70. The van der Waals surface area contributed by atoms with Crippen LogP contribution in [0.2, 0.25) is 5.15 Å². The minimum Gasteiger partial charge on any atom is -0.336 e. The van der Waals surface area contributed by atoms with Crippen molar-refractivity contribution in [2.24, 2.45) is 0 Å². The van der Waals surface area contributed by atoms with Crippen LogP contribution in [0.1, 0.15) is 19.3 Å². The minimum absolute atomic E-state index is 0.104. The Hall–Kier alpha value is -2.16.